The summed E-state index contributed by atoms with van der Waals surface area (Å²) in [7, 11) is 0. The van der Waals surface area contributed by atoms with E-state index in [0.29, 0.717) is 0 Å². The van der Waals surface area contributed by atoms with Crippen LogP contribution in [0.15, 0.2) is 18.2 Å². The molecule has 110 valence electrons. The molecule has 0 fully saturated rings. The van der Waals surface area contributed by atoms with Crippen LogP contribution < -0.4 is 16.0 Å². The molecule has 2 aromatic rings. The summed E-state index contributed by atoms with van der Waals surface area (Å²) >= 11 is 5.62. The van der Waals surface area contributed by atoms with Crippen LogP contribution in [0, 0.1) is 22.9 Å². The Bertz CT molecular complexity index is 712. The Morgan fingerprint density at radius 1 is 1.48 bits per heavy atom. The molecule has 1 heterocycles. The first-order valence-corrected chi connectivity index (χ1v) is 5.93. The van der Waals surface area contributed by atoms with Crippen LogP contribution in [0.25, 0.3) is 0 Å². The Morgan fingerprint density at radius 3 is 2.81 bits per heavy atom. The monoisotopic (exact) mass is 313 g/mol. The first-order chi connectivity index (χ1) is 9.93. The van der Waals surface area contributed by atoms with Gasteiger partial charge in [0.25, 0.3) is 0 Å². The lowest BCUT2D eigenvalue weighted by molar-refractivity contribution is -0.386. The minimum Gasteiger partial charge on any atom is -0.430 e. The Labute approximate surface area is 122 Å². The molecule has 0 amide bonds. The van der Waals surface area contributed by atoms with E-state index in [1.54, 1.807) is 0 Å². The zero-order valence-electron chi connectivity index (χ0n) is 10.6. The van der Waals surface area contributed by atoms with Gasteiger partial charge in [0, 0.05) is 0 Å². The number of hydrogen-bond donors (Lipinski definition) is 2. The van der Waals surface area contributed by atoms with Gasteiger partial charge < -0.3 is 4.74 Å². The van der Waals surface area contributed by atoms with Crippen molar-refractivity contribution in [2.75, 3.05) is 5.43 Å². The van der Waals surface area contributed by atoms with Crippen molar-refractivity contribution in [3.63, 3.8) is 0 Å². The summed E-state index contributed by atoms with van der Waals surface area (Å²) < 4.78 is 19.0. The molecule has 0 saturated heterocycles. The van der Waals surface area contributed by atoms with Gasteiger partial charge in [-0.05, 0) is 19.1 Å². The van der Waals surface area contributed by atoms with Gasteiger partial charge in [0.05, 0.1) is 9.95 Å². The van der Waals surface area contributed by atoms with E-state index in [4.69, 9.17) is 22.2 Å². The molecule has 0 atom stereocenters. The smallest absolute Gasteiger partial charge is 0.352 e. The summed E-state index contributed by atoms with van der Waals surface area (Å²) in [6.45, 7) is 1.38. The minimum absolute atomic E-state index is 0.0142. The molecule has 10 heteroatoms. The summed E-state index contributed by atoms with van der Waals surface area (Å²) in [4.78, 5) is 17.8. The van der Waals surface area contributed by atoms with Gasteiger partial charge in [-0.1, -0.05) is 17.7 Å². The number of halogens is 2. The normalized spacial score (nSPS) is 10.3. The fourth-order valence-electron chi connectivity index (χ4n) is 1.55. The van der Waals surface area contributed by atoms with E-state index in [9.17, 15) is 14.5 Å². The van der Waals surface area contributed by atoms with E-state index in [-0.39, 0.29) is 22.4 Å². The van der Waals surface area contributed by atoms with Gasteiger partial charge in [-0.25, -0.2) is 15.2 Å². The number of nitrogens with zero attached hydrogens (tertiary/aromatic N) is 3. The maximum absolute atomic E-state index is 13.8. The Hall–Kier alpha value is -2.52. The van der Waals surface area contributed by atoms with Crippen molar-refractivity contribution in [2.45, 2.75) is 6.92 Å². The van der Waals surface area contributed by atoms with E-state index < -0.39 is 22.3 Å². The van der Waals surface area contributed by atoms with E-state index in [1.807, 2.05) is 0 Å². The minimum atomic E-state index is -0.855. The van der Waals surface area contributed by atoms with Crippen LogP contribution >= 0.6 is 11.6 Å². The van der Waals surface area contributed by atoms with Crippen molar-refractivity contribution < 1.29 is 14.1 Å². The van der Waals surface area contributed by atoms with Crippen molar-refractivity contribution in [2.24, 2.45) is 5.84 Å². The number of nitrogens with one attached hydrogen (secondary N) is 1. The number of hydrogen-bond acceptors (Lipinski definition) is 7. The Kier molecular flexibility index (Phi) is 4.15. The Balaban J connectivity index is 2.54. The second kappa shape index (κ2) is 5.85. The molecular weight excluding hydrogens is 305 g/mol. The summed E-state index contributed by atoms with van der Waals surface area (Å²) in [5.41, 5.74) is 1.66. The number of nitrogens with two attached hydrogens (primary N) is 1. The number of aromatic nitrogens is 2. The zero-order valence-corrected chi connectivity index (χ0v) is 11.4. The molecule has 0 unspecified atom stereocenters. The van der Waals surface area contributed by atoms with Crippen LogP contribution in [0.5, 0.6) is 11.6 Å². The van der Waals surface area contributed by atoms with Gasteiger partial charge in [0.15, 0.2) is 11.6 Å². The second-order valence-electron chi connectivity index (χ2n) is 3.84. The number of nitrogen functional groups attached to an aromatic ring is 1. The van der Waals surface area contributed by atoms with Crippen molar-refractivity contribution in [1.29, 1.82) is 0 Å². The molecule has 1 aromatic carbocycles. The number of benzene rings is 1. The third kappa shape index (κ3) is 2.98. The van der Waals surface area contributed by atoms with Crippen molar-refractivity contribution in [3.8, 4) is 11.6 Å². The van der Waals surface area contributed by atoms with Crippen LogP contribution in [0.1, 0.15) is 5.69 Å². The maximum atomic E-state index is 13.8. The van der Waals surface area contributed by atoms with E-state index in [0.717, 1.165) is 0 Å². The molecule has 0 spiro atoms. The maximum Gasteiger partial charge on any atom is 0.352 e. The third-order valence-corrected chi connectivity index (χ3v) is 2.75. The van der Waals surface area contributed by atoms with Crippen LogP contribution in [-0.2, 0) is 0 Å². The Morgan fingerprint density at radius 2 is 2.19 bits per heavy atom. The number of nitro groups is 1. The largest absolute Gasteiger partial charge is 0.430 e. The van der Waals surface area contributed by atoms with Gasteiger partial charge in [0.1, 0.15) is 5.69 Å². The van der Waals surface area contributed by atoms with Crippen LogP contribution in [0.4, 0.5) is 16.0 Å². The highest BCUT2D eigenvalue weighted by molar-refractivity contribution is 6.30. The molecule has 2 rings (SSSR count). The number of aryl methyl sites for hydroxylation is 1. The molecular formula is C11H9ClFN5O3. The predicted molar refractivity (Wildman–Crippen MR) is 72.7 cm³/mol. The van der Waals surface area contributed by atoms with Gasteiger partial charge >= 0.3 is 11.6 Å². The first kappa shape index (κ1) is 14.9. The molecule has 0 radical (unpaired) electrons. The average molecular weight is 314 g/mol. The molecule has 21 heavy (non-hydrogen) atoms. The number of ether oxygens (including phenoxy) is 1. The molecule has 0 saturated carbocycles. The fourth-order valence-corrected chi connectivity index (χ4v) is 1.72. The summed E-state index contributed by atoms with van der Waals surface area (Å²) in [6, 6.07) is 4.01. The highest BCUT2D eigenvalue weighted by Crippen LogP contribution is 2.34. The lowest BCUT2D eigenvalue weighted by Gasteiger charge is -2.09. The van der Waals surface area contributed by atoms with E-state index >= 15 is 0 Å². The molecule has 0 aliphatic rings. The van der Waals surface area contributed by atoms with E-state index in [1.165, 1.54) is 25.1 Å². The first-order valence-electron chi connectivity index (χ1n) is 5.55. The van der Waals surface area contributed by atoms with Crippen LogP contribution in [0.3, 0.4) is 0 Å². The molecule has 3 N–H and O–H groups in total. The highest BCUT2D eigenvalue weighted by atomic mass is 35.5. The van der Waals surface area contributed by atoms with Crippen LogP contribution in [-0.4, -0.2) is 14.9 Å². The number of rotatable bonds is 4. The average Bonchev–Trinajstić information content (AvgIpc) is 2.42. The lowest BCUT2D eigenvalue weighted by Crippen LogP contribution is -2.13. The summed E-state index contributed by atoms with van der Waals surface area (Å²) in [6.07, 6.45) is 0. The van der Waals surface area contributed by atoms with Gasteiger partial charge in [-0.3, -0.25) is 15.5 Å². The molecule has 8 nitrogen and oxygen atoms in total. The zero-order chi connectivity index (χ0) is 15.6. The summed E-state index contributed by atoms with van der Waals surface area (Å²) in [5.74, 6) is 3.47. The molecule has 0 aliphatic carbocycles. The van der Waals surface area contributed by atoms with Crippen molar-refractivity contribution in [1.82, 2.24) is 9.97 Å². The van der Waals surface area contributed by atoms with Crippen LogP contribution in [0.2, 0.25) is 5.02 Å². The number of anilines is 1. The van der Waals surface area contributed by atoms with Gasteiger partial charge in [-0.15, -0.1) is 0 Å². The molecule has 0 bridgehead atoms. The van der Waals surface area contributed by atoms with Gasteiger partial charge in [-0.2, -0.15) is 4.98 Å². The quantitative estimate of drug-likeness (QED) is 0.506. The standard InChI is InChI=1S/C11H9ClFN5O3/c1-5-9(18(19)20)10(16-11(15-5)17-14)21-7-4-2-3-6(12)8(7)13/h2-4H,14H2,1H3,(H,15,16,17). The predicted octanol–water partition coefficient (Wildman–Crippen LogP) is 2.56. The van der Waals surface area contributed by atoms with Crippen molar-refractivity contribution >= 4 is 23.2 Å². The SMILES string of the molecule is Cc1nc(NN)nc(Oc2cccc(Cl)c2F)c1[N+](=O)[O-]. The summed E-state index contributed by atoms with van der Waals surface area (Å²) in [5, 5.41) is 10.9. The number of hydrazine groups is 1. The molecule has 1 aromatic heterocycles. The van der Waals surface area contributed by atoms with E-state index in [2.05, 4.69) is 15.4 Å². The molecule has 0 aliphatic heterocycles. The second-order valence-corrected chi connectivity index (χ2v) is 4.25. The fraction of sp³-hybridized carbons (Fsp3) is 0.0909. The topological polar surface area (TPSA) is 116 Å². The third-order valence-electron chi connectivity index (χ3n) is 2.46. The van der Waals surface area contributed by atoms with Crippen molar-refractivity contribution in [3.05, 3.63) is 44.8 Å². The lowest BCUT2D eigenvalue weighted by atomic mass is 10.3. The van der Waals surface area contributed by atoms with Gasteiger partial charge in [0.2, 0.25) is 5.95 Å². The highest BCUT2D eigenvalue weighted by Gasteiger charge is 2.25.